The summed E-state index contributed by atoms with van der Waals surface area (Å²) in [5, 5.41) is 0. The summed E-state index contributed by atoms with van der Waals surface area (Å²) < 4.78 is 0. The highest BCUT2D eigenvalue weighted by Gasteiger charge is 2.30. The van der Waals surface area contributed by atoms with Crippen LogP contribution in [0, 0.1) is 11.8 Å². The topological polar surface area (TPSA) is 46.3 Å². The number of piperidine rings is 1. The van der Waals surface area contributed by atoms with Gasteiger partial charge in [-0.05, 0) is 12.3 Å². The Balaban J connectivity index is 2.63. The zero-order valence-electron chi connectivity index (χ0n) is 7.21. The van der Waals surface area contributed by atoms with E-state index in [-0.39, 0.29) is 11.8 Å². The van der Waals surface area contributed by atoms with Gasteiger partial charge in [0.25, 0.3) is 0 Å². The summed E-state index contributed by atoms with van der Waals surface area (Å²) in [6.07, 6.45) is 1.09. The molecular formula is C8H16N2O. The Morgan fingerprint density at radius 2 is 2.36 bits per heavy atom. The van der Waals surface area contributed by atoms with Crippen LogP contribution in [0.15, 0.2) is 0 Å². The van der Waals surface area contributed by atoms with Gasteiger partial charge < -0.3 is 10.6 Å². The molecule has 0 spiro atoms. The number of amides is 1. The van der Waals surface area contributed by atoms with Crippen molar-refractivity contribution in [3.05, 3.63) is 0 Å². The maximum absolute atomic E-state index is 11.4. The van der Waals surface area contributed by atoms with Gasteiger partial charge >= 0.3 is 0 Å². The van der Waals surface area contributed by atoms with Crippen LogP contribution in [-0.2, 0) is 4.79 Å². The molecule has 1 saturated heterocycles. The fourth-order valence-corrected chi connectivity index (χ4v) is 1.57. The molecule has 3 heteroatoms. The van der Waals surface area contributed by atoms with Gasteiger partial charge in [-0.25, -0.2) is 0 Å². The minimum atomic E-state index is 0.0637. The third-order valence-corrected chi connectivity index (χ3v) is 2.55. The molecule has 0 aromatic rings. The van der Waals surface area contributed by atoms with E-state index in [4.69, 9.17) is 5.73 Å². The minimum absolute atomic E-state index is 0.0637. The van der Waals surface area contributed by atoms with Crippen molar-refractivity contribution in [2.45, 2.75) is 13.3 Å². The van der Waals surface area contributed by atoms with Crippen LogP contribution in [0.3, 0.4) is 0 Å². The highest BCUT2D eigenvalue weighted by Crippen LogP contribution is 2.21. The standard InChI is InChI=1S/C8H16N2O/c1-6-3-4-10(2)8(11)7(6)5-9/h6-7H,3-5,9H2,1-2H3/t6-,7+/m0/s1. The summed E-state index contributed by atoms with van der Waals surface area (Å²) >= 11 is 0. The molecule has 11 heavy (non-hydrogen) atoms. The maximum atomic E-state index is 11.4. The Morgan fingerprint density at radius 3 is 2.82 bits per heavy atom. The largest absolute Gasteiger partial charge is 0.345 e. The first-order valence-corrected chi connectivity index (χ1v) is 4.12. The van der Waals surface area contributed by atoms with Gasteiger partial charge in [-0.2, -0.15) is 0 Å². The normalized spacial score (nSPS) is 32.6. The van der Waals surface area contributed by atoms with Crippen LogP contribution in [0.2, 0.25) is 0 Å². The number of hydrogen-bond donors (Lipinski definition) is 1. The van der Waals surface area contributed by atoms with Crippen molar-refractivity contribution in [2.75, 3.05) is 20.1 Å². The predicted octanol–water partition coefficient (Wildman–Crippen LogP) is 0.0595. The lowest BCUT2D eigenvalue weighted by Gasteiger charge is -2.33. The van der Waals surface area contributed by atoms with Gasteiger partial charge in [-0.15, -0.1) is 0 Å². The van der Waals surface area contributed by atoms with Gasteiger partial charge in [-0.1, -0.05) is 6.92 Å². The second-order valence-corrected chi connectivity index (χ2v) is 3.37. The summed E-state index contributed by atoms with van der Waals surface area (Å²) in [5.41, 5.74) is 5.50. The Kier molecular flexibility index (Phi) is 2.49. The van der Waals surface area contributed by atoms with Gasteiger partial charge in [0.2, 0.25) is 5.91 Å². The van der Waals surface area contributed by atoms with Gasteiger partial charge in [0.05, 0.1) is 5.92 Å². The maximum Gasteiger partial charge on any atom is 0.226 e. The summed E-state index contributed by atoms with van der Waals surface area (Å²) in [7, 11) is 1.84. The number of hydrogen-bond acceptors (Lipinski definition) is 2. The number of nitrogens with two attached hydrogens (primary N) is 1. The highest BCUT2D eigenvalue weighted by molar-refractivity contribution is 5.79. The van der Waals surface area contributed by atoms with E-state index >= 15 is 0 Å². The van der Waals surface area contributed by atoms with Crippen molar-refractivity contribution in [3.8, 4) is 0 Å². The lowest BCUT2D eigenvalue weighted by molar-refractivity contribution is -0.138. The van der Waals surface area contributed by atoms with E-state index in [0.29, 0.717) is 12.5 Å². The SMILES string of the molecule is C[C@H]1CCN(C)C(=O)[C@@H]1CN. The number of likely N-dealkylation sites (tertiary alicyclic amines) is 1. The quantitative estimate of drug-likeness (QED) is 0.583. The van der Waals surface area contributed by atoms with E-state index < -0.39 is 0 Å². The van der Waals surface area contributed by atoms with Crippen LogP contribution in [0.25, 0.3) is 0 Å². The van der Waals surface area contributed by atoms with Crippen molar-refractivity contribution in [3.63, 3.8) is 0 Å². The van der Waals surface area contributed by atoms with Gasteiger partial charge in [-0.3, -0.25) is 4.79 Å². The van der Waals surface area contributed by atoms with E-state index in [2.05, 4.69) is 6.92 Å². The number of rotatable bonds is 1. The summed E-state index contributed by atoms with van der Waals surface area (Å²) in [6.45, 7) is 3.48. The van der Waals surface area contributed by atoms with Gasteiger partial charge in [0, 0.05) is 20.1 Å². The first-order valence-electron chi connectivity index (χ1n) is 4.12. The van der Waals surface area contributed by atoms with Crippen LogP contribution in [-0.4, -0.2) is 30.9 Å². The monoisotopic (exact) mass is 156 g/mol. The van der Waals surface area contributed by atoms with Crippen LogP contribution in [0.5, 0.6) is 0 Å². The van der Waals surface area contributed by atoms with Crippen LogP contribution in [0.4, 0.5) is 0 Å². The van der Waals surface area contributed by atoms with Crippen molar-refractivity contribution in [1.29, 1.82) is 0 Å². The third-order valence-electron chi connectivity index (χ3n) is 2.55. The lowest BCUT2D eigenvalue weighted by atomic mass is 9.87. The van der Waals surface area contributed by atoms with Crippen molar-refractivity contribution >= 4 is 5.91 Å². The van der Waals surface area contributed by atoms with E-state index in [1.807, 2.05) is 7.05 Å². The Bertz CT molecular complexity index is 158. The summed E-state index contributed by atoms with van der Waals surface area (Å²) in [6, 6.07) is 0. The molecule has 1 rings (SSSR count). The molecule has 0 aromatic carbocycles. The average molecular weight is 156 g/mol. The molecular weight excluding hydrogens is 140 g/mol. The fraction of sp³-hybridized carbons (Fsp3) is 0.875. The zero-order valence-corrected chi connectivity index (χ0v) is 7.21. The molecule has 1 aliphatic heterocycles. The van der Waals surface area contributed by atoms with Crippen molar-refractivity contribution < 1.29 is 4.79 Å². The van der Waals surface area contributed by atoms with E-state index in [9.17, 15) is 4.79 Å². The van der Waals surface area contributed by atoms with Crippen LogP contribution < -0.4 is 5.73 Å². The molecule has 0 unspecified atom stereocenters. The van der Waals surface area contributed by atoms with Gasteiger partial charge in [0.1, 0.15) is 0 Å². The zero-order chi connectivity index (χ0) is 8.43. The molecule has 3 nitrogen and oxygen atoms in total. The van der Waals surface area contributed by atoms with Gasteiger partial charge in [0.15, 0.2) is 0 Å². The molecule has 1 heterocycles. The number of nitrogens with zero attached hydrogens (tertiary/aromatic N) is 1. The third kappa shape index (κ3) is 1.53. The van der Waals surface area contributed by atoms with Crippen LogP contribution >= 0.6 is 0 Å². The lowest BCUT2D eigenvalue weighted by Crippen LogP contribution is -2.45. The Hall–Kier alpha value is -0.570. The van der Waals surface area contributed by atoms with E-state index in [0.717, 1.165) is 13.0 Å². The molecule has 0 saturated carbocycles. The molecule has 2 atom stereocenters. The molecule has 0 aliphatic carbocycles. The number of carbonyl (C=O) groups is 1. The first-order chi connectivity index (χ1) is 5.16. The first kappa shape index (κ1) is 8.53. The second-order valence-electron chi connectivity index (χ2n) is 3.37. The van der Waals surface area contributed by atoms with E-state index in [1.165, 1.54) is 0 Å². The highest BCUT2D eigenvalue weighted by atomic mass is 16.2. The minimum Gasteiger partial charge on any atom is -0.345 e. The molecule has 0 radical (unpaired) electrons. The summed E-state index contributed by atoms with van der Waals surface area (Å²) in [5.74, 6) is 0.740. The molecule has 1 fully saturated rings. The molecule has 0 bridgehead atoms. The second kappa shape index (κ2) is 3.22. The molecule has 64 valence electrons. The van der Waals surface area contributed by atoms with Crippen molar-refractivity contribution in [1.82, 2.24) is 4.90 Å². The molecule has 1 amide bonds. The molecule has 2 N–H and O–H groups in total. The smallest absolute Gasteiger partial charge is 0.226 e. The molecule has 1 aliphatic rings. The summed E-state index contributed by atoms with van der Waals surface area (Å²) in [4.78, 5) is 13.2. The molecule has 0 aromatic heterocycles. The van der Waals surface area contributed by atoms with E-state index in [1.54, 1.807) is 4.90 Å². The fourth-order valence-electron chi connectivity index (χ4n) is 1.57. The van der Waals surface area contributed by atoms with Crippen LogP contribution in [0.1, 0.15) is 13.3 Å². The van der Waals surface area contributed by atoms with Crippen molar-refractivity contribution in [2.24, 2.45) is 17.6 Å². The Labute approximate surface area is 67.5 Å². The Morgan fingerprint density at radius 1 is 1.73 bits per heavy atom. The average Bonchev–Trinajstić information content (AvgIpc) is 1.99. The predicted molar refractivity (Wildman–Crippen MR) is 44.0 cm³/mol. The number of carbonyl (C=O) groups excluding carboxylic acids is 1.